The minimum atomic E-state index is 0.227. The molecule has 1 aromatic rings. The summed E-state index contributed by atoms with van der Waals surface area (Å²) >= 11 is 0. The molecular weight excluding hydrogens is 226 g/mol. The van der Waals surface area contributed by atoms with Gasteiger partial charge in [-0.3, -0.25) is 4.90 Å². The molecule has 1 aromatic carbocycles. The second-order valence-corrected chi connectivity index (χ2v) is 4.89. The van der Waals surface area contributed by atoms with E-state index in [1.807, 2.05) is 26.0 Å². The Labute approximate surface area is 109 Å². The third-order valence-corrected chi connectivity index (χ3v) is 2.94. The van der Waals surface area contributed by atoms with Crippen LogP contribution in [0.25, 0.3) is 0 Å². The molecule has 18 heavy (non-hydrogen) atoms. The van der Waals surface area contributed by atoms with E-state index in [2.05, 4.69) is 27.7 Å². The average molecular weight is 249 g/mol. The van der Waals surface area contributed by atoms with Gasteiger partial charge in [-0.05, 0) is 38.1 Å². The largest absolute Gasteiger partial charge is 0.491 e. The lowest BCUT2D eigenvalue weighted by Gasteiger charge is -2.27. The zero-order valence-electron chi connectivity index (χ0n) is 11.3. The van der Waals surface area contributed by atoms with E-state index in [1.54, 1.807) is 0 Å². The number of piperazine rings is 1. The average Bonchev–Trinajstić information content (AvgIpc) is 2.38. The van der Waals surface area contributed by atoms with Crippen LogP contribution < -0.4 is 15.4 Å². The number of ether oxygens (including phenoxy) is 1. The molecular formula is C14H23N3O. The standard InChI is InChI=1S/C14H23N3O/c1-12(2)18-14-5-3-13(4-6-14)16-11-17-9-7-15-8-10-17/h3-6,12,15-16H,7-11H2,1-2H3. The minimum absolute atomic E-state index is 0.227. The first-order valence-electron chi connectivity index (χ1n) is 6.68. The molecule has 1 saturated heterocycles. The summed E-state index contributed by atoms with van der Waals surface area (Å²) in [6.45, 7) is 9.38. The molecule has 0 bridgehead atoms. The second kappa shape index (κ2) is 6.61. The molecule has 4 heteroatoms. The highest BCUT2D eigenvalue weighted by atomic mass is 16.5. The molecule has 0 saturated carbocycles. The highest BCUT2D eigenvalue weighted by Gasteiger charge is 2.08. The van der Waals surface area contributed by atoms with Crippen molar-refractivity contribution in [1.29, 1.82) is 0 Å². The number of benzene rings is 1. The third kappa shape index (κ3) is 4.20. The van der Waals surface area contributed by atoms with Crippen LogP contribution in [-0.4, -0.2) is 43.9 Å². The lowest BCUT2D eigenvalue weighted by molar-refractivity contribution is 0.242. The minimum Gasteiger partial charge on any atom is -0.491 e. The summed E-state index contributed by atoms with van der Waals surface area (Å²) in [4.78, 5) is 2.41. The van der Waals surface area contributed by atoms with Gasteiger partial charge in [0.05, 0.1) is 12.8 Å². The van der Waals surface area contributed by atoms with Crippen LogP contribution in [0.15, 0.2) is 24.3 Å². The van der Waals surface area contributed by atoms with Gasteiger partial charge in [0.15, 0.2) is 0 Å². The van der Waals surface area contributed by atoms with E-state index in [9.17, 15) is 0 Å². The Morgan fingerprint density at radius 3 is 2.50 bits per heavy atom. The summed E-state index contributed by atoms with van der Waals surface area (Å²) < 4.78 is 5.62. The van der Waals surface area contributed by atoms with E-state index >= 15 is 0 Å². The zero-order chi connectivity index (χ0) is 12.8. The van der Waals surface area contributed by atoms with Gasteiger partial charge in [0.2, 0.25) is 0 Å². The lowest BCUT2D eigenvalue weighted by Crippen LogP contribution is -2.45. The summed E-state index contributed by atoms with van der Waals surface area (Å²) in [6.07, 6.45) is 0.227. The van der Waals surface area contributed by atoms with Crippen LogP contribution in [0, 0.1) is 0 Å². The summed E-state index contributed by atoms with van der Waals surface area (Å²) in [7, 11) is 0. The highest BCUT2D eigenvalue weighted by molar-refractivity contribution is 5.46. The molecule has 0 aliphatic carbocycles. The molecule has 1 heterocycles. The predicted molar refractivity (Wildman–Crippen MR) is 75.1 cm³/mol. The smallest absolute Gasteiger partial charge is 0.119 e. The van der Waals surface area contributed by atoms with Gasteiger partial charge in [0.25, 0.3) is 0 Å². The van der Waals surface area contributed by atoms with E-state index in [0.717, 1.165) is 44.3 Å². The van der Waals surface area contributed by atoms with E-state index in [4.69, 9.17) is 4.74 Å². The fourth-order valence-corrected chi connectivity index (χ4v) is 2.00. The van der Waals surface area contributed by atoms with Crippen LogP contribution in [0.2, 0.25) is 0 Å². The molecule has 1 aliphatic rings. The highest BCUT2D eigenvalue weighted by Crippen LogP contribution is 2.16. The maximum absolute atomic E-state index is 5.62. The number of nitrogens with one attached hydrogen (secondary N) is 2. The third-order valence-electron chi connectivity index (χ3n) is 2.94. The molecule has 0 unspecified atom stereocenters. The predicted octanol–water partition coefficient (Wildman–Crippen LogP) is 1.75. The van der Waals surface area contributed by atoms with Crippen LogP contribution in [0.3, 0.4) is 0 Å². The number of hydrogen-bond donors (Lipinski definition) is 2. The van der Waals surface area contributed by atoms with Crippen molar-refractivity contribution in [1.82, 2.24) is 10.2 Å². The maximum atomic E-state index is 5.62. The van der Waals surface area contributed by atoms with E-state index < -0.39 is 0 Å². The SMILES string of the molecule is CC(C)Oc1ccc(NCN2CCNCC2)cc1. The molecule has 0 spiro atoms. The first-order valence-corrected chi connectivity index (χ1v) is 6.68. The molecule has 100 valence electrons. The molecule has 2 N–H and O–H groups in total. The first kappa shape index (κ1) is 13.2. The van der Waals surface area contributed by atoms with E-state index in [-0.39, 0.29) is 6.10 Å². The fourth-order valence-electron chi connectivity index (χ4n) is 2.00. The molecule has 1 aliphatic heterocycles. The molecule has 2 rings (SSSR count). The number of rotatable bonds is 5. The fraction of sp³-hybridized carbons (Fsp3) is 0.571. The second-order valence-electron chi connectivity index (χ2n) is 4.89. The normalized spacial score (nSPS) is 16.8. The Hall–Kier alpha value is -1.26. The van der Waals surface area contributed by atoms with Gasteiger partial charge >= 0.3 is 0 Å². The Morgan fingerprint density at radius 1 is 1.22 bits per heavy atom. The Bertz CT molecular complexity index is 345. The topological polar surface area (TPSA) is 36.5 Å². The van der Waals surface area contributed by atoms with Crippen LogP contribution in [-0.2, 0) is 0 Å². The van der Waals surface area contributed by atoms with Crippen LogP contribution in [0.5, 0.6) is 5.75 Å². The summed E-state index contributed by atoms with van der Waals surface area (Å²) in [6, 6.07) is 8.17. The summed E-state index contributed by atoms with van der Waals surface area (Å²) in [5.74, 6) is 0.928. The van der Waals surface area contributed by atoms with Crippen LogP contribution >= 0.6 is 0 Å². The molecule has 4 nitrogen and oxygen atoms in total. The van der Waals surface area contributed by atoms with Gasteiger partial charge in [-0.15, -0.1) is 0 Å². The Kier molecular flexibility index (Phi) is 4.84. The van der Waals surface area contributed by atoms with Gasteiger partial charge in [-0.1, -0.05) is 0 Å². The lowest BCUT2D eigenvalue weighted by atomic mass is 10.3. The van der Waals surface area contributed by atoms with Crippen molar-refractivity contribution in [2.75, 3.05) is 38.2 Å². The monoisotopic (exact) mass is 249 g/mol. The quantitative estimate of drug-likeness (QED) is 0.833. The van der Waals surface area contributed by atoms with Gasteiger partial charge in [0, 0.05) is 31.9 Å². The maximum Gasteiger partial charge on any atom is 0.119 e. The van der Waals surface area contributed by atoms with Crippen molar-refractivity contribution in [3.05, 3.63) is 24.3 Å². The molecule has 1 fully saturated rings. The molecule has 0 atom stereocenters. The van der Waals surface area contributed by atoms with Crippen molar-refractivity contribution in [3.63, 3.8) is 0 Å². The van der Waals surface area contributed by atoms with Crippen molar-refractivity contribution in [3.8, 4) is 5.75 Å². The number of hydrogen-bond acceptors (Lipinski definition) is 4. The zero-order valence-corrected chi connectivity index (χ0v) is 11.3. The molecule has 0 radical (unpaired) electrons. The Morgan fingerprint density at radius 2 is 1.89 bits per heavy atom. The van der Waals surface area contributed by atoms with Crippen molar-refractivity contribution < 1.29 is 4.74 Å². The van der Waals surface area contributed by atoms with Crippen molar-refractivity contribution in [2.45, 2.75) is 20.0 Å². The van der Waals surface area contributed by atoms with Gasteiger partial charge in [-0.2, -0.15) is 0 Å². The van der Waals surface area contributed by atoms with Crippen molar-refractivity contribution in [2.24, 2.45) is 0 Å². The van der Waals surface area contributed by atoms with Crippen molar-refractivity contribution >= 4 is 5.69 Å². The molecule has 0 aromatic heterocycles. The number of anilines is 1. The van der Waals surface area contributed by atoms with Gasteiger partial charge < -0.3 is 15.4 Å². The summed E-state index contributed by atoms with van der Waals surface area (Å²) in [5.41, 5.74) is 1.14. The molecule has 0 amide bonds. The number of nitrogens with zero attached hydrogens (tertiary/aromatic N) is 1. The van der Waals surface area contributed by atoms with E-state index in [1.165, 1.54) is 0 Å². The summed E-state index contributed by atoms with van der Waals surface area (Å²) in [5, 5.41) is 6.79. The van der Waals surface area contributed by atoms with Gasteiger partial charge in [-0.25, -0.2) is 0 Å². The first-order chi connectivity index (χ1) is 8.74. The van der Waals surface area contributed by atoms with E-state index in [0.29, 0.717) is 0 Å². The van der Waals surface area contributed by atoms with Gasteiger partial charge in [0.1, 0.15) is 5.75 Å². The van der Waals surface area contributed by atoms with Crippen LogP contribution in [0.4, 0.5) is 5.69 Å². The van der Waals surface area contributed by atoms with Crippen LogP contribution in [0.1, 0.15) is 13.8 Å². The Balaban J connectivity index is 1.78.